The molecule has 0 atom stereocenters. The zero-order valence-corrected chi connectivity index (χ0v) is 10.2. The van der Waals surface area contributed by atoms with Gasteiger partial charge in [0.1, 0.15) is 0 Å². The first-order valence-electron chi connectivity index (χ1n) is 4.05. The summed E-state index contributed by atoms with van der Waals surface area (Å²) in [5.74, 6) is -13.9. The van der Waals surface area contributed by atoms with Crippen molar-refractivity contribution in [1.29, 1.82) is 0 Å². The standard InChI is InChI=1S/C6Cl2F12O/c7-3(13,14)1(9,10)5(17,18)21-6(19,20)2(11,12)4(8,15)16. The molecule has 1 nitrogen and oxygen atoms in total. The first kappa shape index (κ1) is 20.7. The van der Waals surface area contributed by atoms with Gasteiger partial charge in [0.2, 0.25) is 0 Å². The van der Waals surface area contributed by atoms with E-state index in [4.69, 9.17) is 0 Å². The van der Waals surface area contributed by atoms with Gasteiger partial charge in [-0.3, -0.25) is 0 Å². The molecule has 128 valence electrons. The van der Waals surface area contributed by atoms with Gasteiger partial charge in [-0.05, 0) is 23.2 Å². The molecule has 0 saturated carbocycles. The number of halogens is 14. The lowest BCUT2D eigenvalue weighted by Gasteiger charge is -2.34. The van der Waals surface area contributed by atoms with E-state index in [1.54, 1.807) is 0 Å². The first-order chi connectivity index (χ1) is 8.71. The van der Waals surface area contributed by atoms with Crippen molar-refractivity contribution in [1.82, 2.24) is 0 Å². The van der Waals surface area contributed by atoms with Gasteiger partial charge >= 0.3 is 34.8 Å². The van der Waals surface area contributed by atoms with Crippen LogP contribution in [0.15, 0.2) is 0 Å². The van der Waals surface area contributed by atoms with E-state index in [0.717, 1.165) is 0 Å². The fourth-order valence-electron chi connectivity index (χ4n) is 0.619. The Bertz CT molecular complexity index is 346. The molecule has 0 unspecified atom stereocenters. The summed E-state index contributed by atoms with van der Waals surface area (Å²) >= 11 is 6.98. The van der Waals surface area contributed by atoms with Crippen LogP contribution in [-0.4, -0.2) is 34.8 Å². The SMILES string of the molecule is FC(F)(Cl)C(F)(F)C(F)(F)OC(F)(F)C(F)(F)C(F)(F)Cl. The number of hydrogen-bond donors (Lipinski definition) is 0. The topological polar surface area (TPSA) is 9.23 Å². The van der Waals surface area contributed by atoms with Gasteiger partial charge in [0.05, 0.1) is 0 Å². The summed E-state index contributed by atoms with van der Waals surface area (Å²) in [5.41, 5.74) is 0. The quantitative estimate of drug-likeness (QED) is 0.454. The van der Waals surface area contributed by atoms with Crippen molar-refractivity contribution in [2.45, 2.75) is 34.8 Å². The van der Waals surface area contributed by atoms with Gasteiger partial charge in [-0.15, -0.1) is 0 Å². The summed E-state index contributed by atoms with van der Waals surface area (Å²) < 4.78 is 149. The Kier molecular flexibility index (Phi) is 5.04. The van der Waals surface area contributed by atoms with Crippen LogP contribution in [0.1, 0.15) is 0 Å². The summed E-state index contributed by atoms with van der Waals surface area (Å²) in [5, 5.41) is -12.5. The maximum Gasteiger partial charge on any atom is 0.431 e. The van der Waals surface area contributed by atoms with E-state index in [2.05, 4.69) is 23.2 Å². The Labute approximate surface area is 116 Å². The molecule has 0 rings (SSSR count). The zero-order chi connectivity index (χ0) is 17.7. The molecule has 0 aromatic heterocycles. The van der Waals surface area contributed by atoms with Crippen molar-refractivity contribution in [2.24, 2.45) is 0 Å². The summed E-state index contributed by atoms with van der Waals surface area (Å²) in [4.78, 5) is 0. The molecule has 0 fully saturated rings. The minimum absolute atomic E-state index is 1.51. The Morgan fingerprint density at radius 1 is 0.476 bits per heavy atom. The minimum atomic E-state index is -7.05. The van der Waals surface area contributed by atoms with E-state index in [-0.39, 0.29) is 0 Å². The summed E-state index contributed by atoms with van der Waals surface area (Å²) in [7, 11) is 0. The Hall–Kier alpha value is -0.300. The molecular formula is C6Cl2F12O. The highest BCUT2D eigenvalue weighted by Crippen LogP contribution is 2.54. The number of rotatable bonds is 6. The molecule has 21 heavy (non-hydrogen) atoms. The molecule has 0 aromatic rings. The minimum Gasteiger partial charge on any atom is -0.245 e. The van der Waals surface area contributed by atoms with Crippen molar-refractivity contribution in [3.05, 3.63) is 0 Å². The van der Waals surface area contributed by atoms with Crippen LogP contribution in [0.2, 0.25) is 0 Å². The highest BCUT2D eigenvalue weighted by molar-refractivity contribution is 6.22. The largest absolute Gasteiger partial charge is 0.431 e. The third kappa shape index (κ3) is 3.55. The lowest BCUT2D eigenvalue weighted by atomic mass is 10.3. The molecule has 0 aliphatic carbocycles. The highest BCUT2D eigenvalue weighted by Gasteiger charge is 2.80. The second kappa shape index (κ2) is 5.11. The normalized spacial score (nSPS) is 16.3. The summed E-state index contributed by atoms with van der Waals surface area (Å²) in [6, 6.07) is 0. The van der Waals surface area contributed by atoms with Gasteiger partial charge in [-0.1, -0.05) is 0 Å². The molecule has 0 radical (unpaired) electrons. The molecule has 0 heterocycles. The van der Waals surface area contributed by atoms with Crippen LogP contribution in [0, 0.1) is 0 Å². The van der Waals surface area contributed by atoms with Crippen LogP contribution >= 0.6 is 23.2 Å². The molecule has 0 N–H and O–H groups in total. The zero-order valence-electron chi connectivity index (χ0n) is 8.70. The predicted molar refractivity (Wildman–Crippen MR) is 42.5 cm³/mol. The van der Waals surface area contributed by atoms with Crippen molar-refractivity contribution < 1.29 is 57.4 Å². The van der Waals surface area contributed by atoms with Crippen LogP contribution in [0.3, 0.4) is 0 Å². The summed E-state index contributed by atoms with van der Waals surface area (Å²) in [6.07, 6.45) is -14.1. The van der Waals surface area contributed by atoms with E-state index in [1.807, 2.05) is 0 Å². The van der Waals surface area contributed by atoms with Gasteiger partial charge in [-0.2, -0.15) is 52.7 Å². The predicted octanol–water partition coefficient (Wildman–Crippen LogP) is 5.12. The highest BCUT2D eigenvalue weighted by atomic mass is 35.5. The Balaban J connectivity index is 5.65. The molecular weight excluding hydrogens is 387 g/mol. The van der Waals surface area contributed by atoms with E-state index >= 15 is 0 Å². The second-order valence-corrected chi connectivity index (χ2v) is 4.23. The van der Waals surface area contributed by atoms with Crippen LogP contribution < -0.4 is 0 Å². The summed E-state index contributed by atoms with van der Waals surface area (Å²) in [6.45, 7) is 0. The van der Waals surface area contributed by atoms with E-state index in [1.165, 1.54) is 4.74 Å². The molecule has 0 amide bonds. The van der Waals surface area contributed by atoms with Gasteiger partial charge in [0.25, 0.3) is 0 Å². The fraction of sp³-hybridized carbons (Fsp3) is 1.00. The lowest BCUT2D eigenvalue weighted by molar-refractivity contribution is -0.490. The smallest absolute Gasteiger partial charge is 0.245 e. The van der Waals surface area contributed by atoms with Gasteiger partial charge in [0, 0.05) is 0 Å². The molecule has 0 bridgehead atoms. The third-order valence-corrected chi connectivity index (χ3v) is 2.17. The van der Waals surface area contributed by atoms with Gasteiger partial charge in [0.15, 0.2) is 0 Å². The van der Waals surface area contributed by atoms with Crippen LogP contribution in [0.4, 0.5) is 52.7 Å². The third-order valence-electron chi connectivity index (χ3n) is 1.70. The maximum absolute atomic E-state index is 12.5. The van der Waals surface area contributed by atoms with Gasteiger partial charge in [-0.25, -0.2) is 4.74 Å². The van der Waals surface area contributed by atoms with Crippen molar-refractivity contribution in [2.75, 3.05) is 0 Å². The van der Waals surface area contributed by atoms with Crippen molar-refractivity contribution >= 4 is 23.2 Å². The number of ether oxygens (including phenoxy) is 1. The van der Waals surface area contributed by atoms with Crippen LogP contribution in [0.5, 0.6) is 0 Å². The van der Waals surface area contributed by atoms with E-state index in [0.29, 0.717) is 0 Å². The first-order valence-corrected chi connectivity index (χ1v) is 4.81. The average Bonchev–Trinajstić information content (AvgIpc) is 2.11. The number of hydrogen-bond acceptors (Lipinski definition) is 1. The molecule has 0 aliphatic rings. The van der Waals surface area contributed by atoms with Gasteiger partial charge < -0.3 is 0 Å². The van der Waals surface area contributed by atoms with Crippen molar-refractivity contribution in [3.8, 4) is 0 Å². The van der Waals surface area contributed by atoms with E-state index in [9.17, 15) is 52.7 Å². The average molecular weight is 387 g/mol. The second-order valence-electron chi connectivity index (χ2n) is 3.28. The fourth-order valence-corrected chi connectivity index (χ4v) is 0.839. The Morgan fingerprint density at radius 3 is 0.810 bits per heavy atom. The molecule has 0 aromatic carbocycles. The lowest BCUT2D eigenvalue weighted by Crippen LogP contribution is -2.61. The molecule has 0 spiro atoms. The monoisotopic (exact) mass is 386 g/mol. The number of alkyl halides is 14. The van der Waals surface area contributed by atoms with E-state index < -0.39 is 34.8 Å². The molecule has 15 heteroatoms. The molecule has 0 saturated heterocycles. The van der Waals surface area contributed by atoms with Crippen LogP contribution in [-0.2, 0) is 4.74 Å². The maximum atomic E-state index is 12.5. The van der Waals surface area contributed by atoms with Crippen LogP contribution in [0.25, 0.3) is 0 Å². The van der Waals surface area contributed by atoms with Crippen molar-refractivity contribution in [3.63, 3.8) is 0 Å². The molecule has 0 aliphatic heterocycles. The Morgan fingerprint density at radius 2 is 0.667 bits per heavy atom.